The third kappa shape index (κ3) is 3.59. The van der Waals surface area contributed by atoms with Crippen LogP contribution in [0, 0.1) is 0 Å². The van der Waals surface area contributed by atoms with Crippen LogP contribution in [0.4, 0.5) is 0 Å². The Morgan fingerprint density at radius 3 is 2.60 bits per heavy atom. The molecule has 1 aromatic rings. The largest absolute Gasteiger partial charge is 0.364 e. The van der Waals surface area contributed by atoms with Gasteiger partial charge in [-0.2, -0.15) is 0 Å². The van der Waals surface area contributed by atoms with Gasteiger partial charge in [0.1, 0.15) is 6.10 Å². The van der Waals surface area contributed by atoms with Gasteiger partial charge in [0, 0.05) is 11.0 Å². The number of rotatable bonds is 4. The Bertz CT molecular complexity index is 473. The number of carbonyl (C=O) groups excluding carboxylic acids is 1. The van der Waals surface area contributed by atoms with Crippen molar-refractivity contribution in [1.29, 1.82) is 0 Å². The lowest BCUT2D eigenvalue weighted by atomic mass is 9.94. The number of amides is 1. The second-order valence-electron chi connectivity index (χ2n) is 5.68. The lowest BCUT2D eigenvalue weighted by Crippen LogP contribution is -2.46. The van der Waals surface area contributed by atoms with E-state index in [0.717, 1.165) is 22.9 Å². The molecule has 0 aromatic heterocycles. The normalized spacial score (nSPS) is 22.8. The van der Waals surface area contributed by atoms with Crippen molar-refractivity contribution in [2.45, 2.75) is 44.4 Å². The summed E-state index contributed by atoms with van der Waals surface area (Å²) < 4.78 is 6.65. The summed E-state index contributed by atoms with van der Waals surface area (Å²) in [6.07, 6.45) is 1.23. The first-order valence-corrected chi connectivity index (χ1v) is 7.65. The number of halogens is 1. The Kier molecular flexibility index (Phi) is 4.83. The van der Waals surface area contributed by atoms with E-state index in [2.05, 4.69) is 21.2 Å². The average molecular weight is 341 g/mol. The van der Waals surface area contributed by atoms with Gasteiger partial charge in [-0.05, 0) is 44.4 Å². The highest BCUT2D eigenvalue weighted by molar-refractivity contribution is 9.10. The molecular formula is C15H21BrN2O2. The van der Waals surface area contributed by atoms with E-state index in [1.807, 2.05) is 38.1 Å². The van der Waals surface area contributed by atoms with Crippen LogP contribution in [0.2, 0.25) is 0 Å². The summed E-state index contributed by atoms with van der Waals surface area (Å²) >= 11 is 3.41. The molecule has 1 heterocycles. The number of carbonyl (C=O) groups is 1. The summed E-state index contributed by atoms with van der Waals surface area (Å²) in [7, 11) is 0. The zero-order valence-corrected chi connectivity index (χ0v) is 13.4. The molecule has 0 radical (unpaired) electrons. The molecule has 5 heteroatoms. The van der Waals surface area contributed by atoms with E-state index in [9.17, 15) is 4.79 Å². The maximum atomic E-state index is 12.3. The van der Waals surface area contributed by atoms with E-state index in [-0.39, 0.29) is 18.1 Å². The highest BCUT2D eigenvalue weighted by Crippen LogP contribution is 2.24. The zero-order chi connectivity index (χ0) is 14.8. The number of nitrogens with two attached hydrogens (primary N) is 1. The molecule has 0 saturated carbocycles. The predicted molar refractivity (Wildman–Crippen MR) is 82.3 cm³/mol. The van der Waals surface area contributed by atoms with Crippen LogP contribution in [0.3, 0.4) is 0 Å². The Labute approximate surface area is 128 Å². The third-order valence-electron chi connectivity index (χ3n) is 3.66. The summed E-state index contributed by atoms with van der Waals surface area (Å²) in [5.41, 5.74) is 6.20. The minimum absolute atomic E-state index is 0.0153. The molecule has 1 amide bonds. The van der Waals surface area contributed by atoms with Gasteiger partial charge in [-0.25, -0.2) is 0 Å². The summed E-state index contributed by atoms with van der Waals surface area (Å²) in [5, 5.41) is 3.06. The second kappa shape index (κ2) is 6.24. The summed E-state index contributed by atoms with van der Waals surface area (Å²) in [4.78, 5) is 12.3. The molecule has 1 aliphatic rings. The van der Waals surface area contributed by atoms with Crippen molar-refractivity contribution in [3.05, 3.63) is 34.3 Å². The number of nitrogens with one attached hydrogen (secondary N) is 1. The third-order valence-corrected chi connectivity index (χ3v) is 4.19. The van der Waals surface area contributed by atoms with Crippen molar-refractivity contribution in [2.24, 2.45) is 5.73 Å². The minimum Gasteiger partial charge on any atom is -0.364 e. The molecule has 0 unspecified atom stereocenters. The van der Waals surface area contributed by atoms with Gasteiger partial charge in [0.15, 0.2) is 0 Å². The Balaban J connectivity index is 2.01. The highest BCUT2D eigenvalue weighted by atomic mass is 79.9. The van der Waals surface area contributed by atoms with E-state index in [4.69, 9.17) is 10.5 Å². The summed E-state index contributed by atoms with van der Waals surface area (Å²) in [6, 6.07) is 7.95. The predicted octanol–water partition coefficient (Wildman–Crippen LogP) is 2.31. The van der Waals surface area contributed by atoms with Gasteiger partial charge in [-0.15, -0.1) is 0 Å². The van der Waals surface area contributed by atoms with Crippen LogP contribution in [0.5, 0.6) is 0 Å². The van der Waals surface area contributed by atoms with Crippen molar-refractivity contribution in [3.8, 4) is 0 Å². The monoisotopic (exact) mass is 340 g/mol. The fourth-order valence-electron chi connectivity index (χ4n) is 2.40. The molecule has 0 spiro atoms. The molecule has 0 aliphatic carbocycles. The van der Waals surface area contributed by atoms with E-state index >= 15 is 0 Å². The maximum absolute atomic E-state index is 12.3. The van der Waals surface area contributed by atoms with Gasteiger partial charge < -0.3 is 15.8 Å². The van der Waals surface area contributed by atoms with Gasteiger partial charge >= 0.3 is 0 Å². The van der Waals surface area contributed by atoms with Gasteiger partial charge in [0.05, 0.1) is 11.6 Å². The van der Waals surface area contributed by atoms with Gasteiger partial charge in [0.25, 0.3) is 0 Å². The van der Waals surface area contributed by atoms with Crippen molar-refractivity contribution in [2.75, 3.05) is 6.54 Å². The SMILES string of the molecule is CC(C)(NC(=O)[C@@H]1CC[C@H](CN)O1)c1ccc(Br)cc1. The first-order valence-electron chi connectivity index (χ1n) is 6.86. The van der Waals surface area contributed by atoms with Crippen molar-refractivity contribution in [3.63, 3.8) is 0 Å². The average Bonchev–Trinajstić information content (AvgIpc) is 2.87. The zero-order valence-electron chi connectivity index (χ0n) is 11.9. The van der Waals surface area contributed by atoms with Gasteiger partial charge in [-0.3, -0.25) is 4.79 Å². The van der Waals surface area contributed by atoms with E-state index in [1.165, 1.54) is 0 Å². The van der Waals surface area contributed by atoms with Crippen LogP contribution in [-0.4, -0.2) is 24.7 Å². The number of benzene rings is 1. The number of hydrogen-bond donors (Lipinski definition) is 2. The quantitative estimate of drug-likeness (QED) is 0.883. The molecule has 2 rings (SSSR count). The van der Waals surface area contributed by atoms with Crippen LogP contribution in [-0.2, 0) is 15.1 Å². The Morgan fingerprint density at radius 2 is 2.05 bits per heavy atom. The molecule has 0 bridgehead atoms. The molecule has 1 aliphatic heterocycles. The molecule has 2 atom stereocenters. The van der Waals surface area contributed by atoms with Crippen LogP contribution in [0.1, 0.15) is 32.3 Å². The van der Waals surface area contributed by atoms with E-state index in [0.29, 0.717) is 6.54 Å². The lowest BCUT2D eigenvalue weighted by molar-refractivity contribution is -0.133. The second-order valence-corrected chi connectivity index (χ2v) is 6.60. The van der Waals surface area contributed by atoms with Crippen LogP contribution >= 0.6 is 15.9 Å². The fourth-order valence-corrected chi connectivity index (χ4v) is 2.66. The first kappa shape index (κ1) is 15.5. The molecule has 1 fully saturated rings. The molecular weight excluding hydrogens is 320 g/mol. The lowest BCUT2D eigenvalue weighted by Gasteiger charge is -2.28. The number of hydrogen-bond acceptors (Lipinski definition) is 3. The smallest absolute Gasteiger partial charge is 0.249 e. The minimum atomic E-state index is -0.429. The van der Waals surface area contributed by atoms with Crippen LogP contribution < -0.4 is 11.1 Å². The van der Waals surface area contributed by atoms with Gasteiger partial charge in [-0.1, -0.05) is 28.1 Å². The molecule has 1 aromatic carbocycles. The summed E-state index contributed by atoms with van der Waals surface area (Å²) in [6.45, 7) is 4.45. The maximum Gasteiger partial charge on any atom is 0.249 e. The Morgan fingerprint density at radius 1 is 1.40 bits per heavy atom. The molecule has 20 heavy (non-hydrogen) atoms. The number of ether oxygens (including phenoxy) is 1. The molecule has 1 saturated heterocycles. The standard InChI is InChI=1S/C15H21BrN2O2/c1-15(2,10-3-5-11(16)6-4-10)18-14(19)13-8-7-12(9-17)20-13/h3-6,12-13H,7-9,17H2,1-2H3,(H,18,19)/t12-,13+/m1/s1. The van der Waals surface area contributed by atoms with Crippen LogP contribution in [0.25, 0.3) is 0 Å². The first-order chi connectivity index (χ1) is 9.42. The molecule has 3 N–H and O–H groups in total. The van der Waals surface area contributed by atoms with Crippen molar-refractivity contribution >= 4 is 21.8 Å². The highest BCUT2D eigenvalue weighted by Gasteiger charge is 2.33. The Hall–Kier alpha value is -0.910. The van der Waals surface area contributed by atoms with Crippen molar-refractivity contribution in [1.82, 2.24) is 5.32 Å². The molecule has 110 valence electrons. The summed E-state index contributed by atoms with van der Waals surface area (Å²) in [5.74, 6) is -0.0612. The van der Waals surface area contributed by atoms with E-state index in [1.54, 1.807) is 0 Å². The van der Waals surface area contributed by atoms with Crippen molar-refractivity contribution < 1.29 is 9.53 Å². The fraction of sp³-hybridized carbons (Fsp3) is 0.533. The molecule has 4 nitrogen and oxygen atoms in total. The van der Waals surface area contributed by atoms with E-state index < -0.39 is 5.54 Å². The van der Waals surface area contributed by atoms with Gasteiger partial charge in [0.2, 0.25) is 5.91 Å². The topological polar surface area (TPSA) is 64.4 Å². The van der Waals surface area contributed by atoms with Crippen LogP contribution in [0.15, 0.2) is 28.7 Å².